The molecular weight excluding hydrogens is 474 g/mol. The van der Waals surface area contributed by atoms with Crippen LogP contribution in [-0.4, -0.2) is 25.8 Å². The number of benzene rings is 2. The van der Waals surface area contributed by atoms with Gasteiger partial charge in [0.2, 0.25) is 0 Å². The maximum Gasteiger partial charge on any atom is 0.281 e. The van der Waals surface area contributed by atoms with E-state index >= 15 is 0 Å². The summed E-state index contributed by atoms with van der Waals surface area (Å²) in [5.41, 5.74) is 3.38. The molecule has 0 spiro atoms. The number of sulfonamides is 1. The zero-order valence-corrected chi connectivity index (χ0v) is 19.5. The lowest BCUT2D eigenvalue weighted by Gasteiger charge is -2.25. The number of amides is 2. The Morgan fingerprint density at radius 3 is 2.31 bits per heavy atom. The van der Waals surface area contributed by atoms with E-state index in [1.54, 1.807) is 47.8 Å². The second-order valence-corrected chi connectivity index (χ2v) is 10.4. The lowest BCUT2D eigenvalue weighted by Crippen LogP contribution is -2.53. The first kappa shape index (κ1) is 23.6. The van der Waals surface area contributed by atoms with Gasteiger partial charge >= 0.3 is 0 Å². The number of anilines is 1. The predicted octanol–water partition coefficient (Wildman–Crippen LogP) is 3.82. The third-order valence-electron chi connectivity index (χ3n) is 4.20. The molecule has 0 aliphatic carbocycles. The van der Waals surface area contributed by atoms with Crippen molar-refractivity contribution in [3.63, 3.8) is 0 Å². The van der Waals surface area contributed by atoms with Gasteiger partial charge in [0.1, 0.15) is 9.96 Å². The third-order valence-corrected chi connectivity index (χ3v) is 7.21. The van der Waals surface area contributed by atoms with Gasteiger partial charge in [-0.15, -0.1) is 11.3 Å². The molecule has 0 unspecified atom stereocenters. The number of ether oxygens (including phenoxy) is 1. The number of carbonyl (C=O) groups is 2. The Balaban J connectivity index is 1.67. The summed E-state index contributed by atoms with van der Waals surface area (Å²) in [5, 5.41) is 2.16. The van der Waals surface area contributed by atoms with E-state index in [1.807, 2.05) is 0 Å². The van der Waals surface area contributed by atoms with E-state index in [0.717, 1.165) is 11.3 Å². The van der Waals surface area contributed by atoms with Crippen molar-refractivity contribution in [2.75, 3.05) is 4.72 Å². The molecule has 0 radical (unpaired) electrons. The number of thiophene rings is 1. The molecular formula is C21H20ClN3O5S2. The minimum Gasteiger partial charge on any atom is -0.478 e. The van der Waals surface area contributed by atoms with Gasteiger partial charge in [-0.05, 0) is 61.7 Å². The molecule has 168 valence electrons. The summed E-state index contributed by atoms with van der Waals surface area (Å²) in [5.74, 6) is -0.892. The summed E-state index contributed by atoms with van der Waals surface area (Å²) in [6.07, 6.45) is 0. The first-order chi connectivity index (χ1) is 15.1. The Morgan fingerprint density at radius 2 is 1.66 bits per heavy atom. The van der Waals surface area contributed by atoms with Crippen molar-refractivity contribution in [1.29, 1.82) is 0 Å². The van der Waals surface area contributed by atoms with E-state index in [0.29, 0.717) is 10.8 Å². The SMILES string of the molecule is CC(C)(Oc1ccc(Cl)cc1)C(=O)NNC(=O)c1ccccc1NS(=O)(=O)c1cccs1. The van der Waals surface area contributed by atoms with Gasteiger partial charge in [0.15, 0.2) is 5.60 Å². The molecule has 2 amide bonds. The van der Waals surface area contributed by atoms with E-state index in [4.69, 9.17) is 16.3 Å². The minimum absolute atomic E-state index is 0.0318. The van der Waals surface area contributed by atoms with E-state index < -0.39 is 27.4 Å². The average Bonchev–Trinajstić information content (AvgIpc) is 3.29. The second kappa shape index (κ2) is 9.60. The van der Waals surface area contributed by atoms with Gasteiger partial charge < -0.3 is 4.74 Å². The van der Waals surface area contributed by atoms with Crippen LogP contribution in [-0.2, 0) is 14.8 Å². The standard InChI is InChI=1S/C21H20ClN3O5S2/c1-21(2,30-15-11-9-14(22)10-12-15)20(27)24-23-19(26)16-6-3-4-7-17(16)25-32(28,29)18-8-5-13-31-18/h3-13,25H,1-2H3,(H,23,26)(H,24,27). The maximum absolute atomic E-state index is 12.7. The molecule has 1 aromatic heterocycles. The fraction of sp³-hybridized carbons (Fsp3) is 0.143. The van der Waals surface area contributed by atoms with Crippen molar-refractivity contribution in [2.24, 2.45) is 0 Å². The quantitative estimate of drug-likeness (QED) is 0.433. The monoisotopic (exact) mass is 493 g/mol. The largest absolute Gasteiger partial charge is 0.478 e. The van der Waals surface area contributed by atoms with Crippen LogP contribution in [0.25, 0.3) is 0 Å². The second-order valence-electron chi connectivity index (χ2n) is 7.06. The van der Waals surface area contributed by atoms with Crippen LogP contribution in [0, 0.1) is 0 Å². The van der Waals surface area contributed by atoms with Crippen LogP contribution in [0.4, 0.5) is 5.69 Å². The van der Waals surface area contributed by atoms with Crippen molar-refractivity contribution in [1.82, 2.24) is 10.9 Å². The number of hydrogen-bond acceptors (Lipinski definition) is 6. The van der Waals surface area contributed by atoms with E-state index in [-0.39, 0.29) is 15.5 Å². The summed E-state index contributed by atoms with van der Waals surface area (Å²) in [4.78, 5) is 25.2. The van der Waals surface area contributed by atoms with Crippen molar-refractivity contribution in [2.45, 2.75) is 23.7 Å². The Bertz CT molecular complexity index is 1210. The van der Waals surface area contributed by atoms with E-state index in [9.17, 15) is 18.0 Å². The summed E-state index contributed by atoms with van der Waals surface area (Å²) < 4.78 is 33.2. The molecule has 3 N–H and O–H groups in total. The Hall–Kier alpha value is -3.08. The molecule has 0 fully saturated rings. The van der Waals surface area contributed by atoms with Gasteiger partial charge in [-0.1, -0.05) is 29.8 Å². The zero-order chi connectivity index (χ0) is 23.4. The van der Waals surface area contributed by atoms with E-state index in [2.05, 4.69) is 15.6 Å². The van der Waals surface area contributed by atoms with Crippen LogP contribution in [0.1, 0.15) is 24.2 Å². The fourth-order valence-electron chi connectivity index (χ4n) is 2.56. The lowest BCUT2D eigenvalue weighted by atomic mass is 10.1. The lowest BCUT2D eigenvalue weighted by molar-refractivity contribution is -0.135. The van der Waals surface area contributed by atoms with Crippen LogP contribution in [0.2, 0.25) is 5.02 Å². The van der Waals surface area contributed by atoms with Gasteiger partial charge in [-0.3, -0.25) is 25.2 Å². The first-order valence-electron chi connectivity index (χ1n) is 9.29. The number of hydrazine groups is 1. The predicted molar refractivity (Wildman–Crippen MR) is 123 cm³/mol. The smallest absolute Gasteiger partial charge is 0.281 e. The number of halogens is 1. The topological polar surface area (TPSA) is 114 Å². The number of hydrogen-bond donors (Lipinski definition) is 3. The van der Waals surface area contributed by atoms with Crippen molar-refractivity contribution >= 4 is 50.5 Å². The molecule has 0 aliphatic rings. The molecule has 0 aliphatic heterocycles. The highest BCUT2D eigenvalue weighted by Crippen LogP contribution is 2.23. The molecule has 2 aromatic carbocycles. The van der Waals surface area contributed by atoms with E-state index in [1.165, 1.54) is 32.0 Å². The minimum atomic E-state index is -3.85. The van der Waals surface area contributed by atoms with Crippen LogP contribution < -0.4 is 20.3 Å². The van der Waals surface area contributed by atoms with Crippen LogP contribution in [0.15, 0.2) is 70.3 Å². The molecule has 0 bridgehead atoms. The summed E-state index contributed by atoms with van der Waals surface area (Å²) in [6, 6.07) is 15.6. The summed E-state index contributed by atoms with van der Waals surface area (Å²) in [6.45, 7) is 3.07. The Morgan fingerprint density at radius 1 is 0.969 bits per heavy atom. The summed E-state index contributed by atoms with van der Waals surface area (Å²) >= 11 is 6.90. The average molecular weight is 494 g/mol. The first-order valence-corrected chi connectivity index (χ1v) is 12.0. The molecule has 0 saturated heterocycles. The molecule has 32 heavy (non-hydrogen) atoms. The summed E-state index contributed by atoms with van der Waals surface area (Å²) in [7, 11) is -3.85. The Kier molecular flexibility index (Phi) is 7.07. The van der Waals surface area contributed by atoms with Crippen molar-refractivity contribution < 1.29 is 22.7 Å². The molecule has 11 heteroatoms. The van der Waals surface area contributed by atoms with Gasteiger partial charge in [0.25, 0.3) is 21.8 Å². The number of carbonyl (C=O) groups excluding carboxylic acids is 2. The van der Waals surface area contributed by atoms with Gasteiger partial charge in [-0.2, -0.15) is 0 Å². The molecule has 1 heterocycles. The highest BCUT2D eigenvalue weighted by molar-refractivity contribution is 7.94. The van der Waals surface area contributed by atoms with Crippen molar-refractivity contribution in [3.8, 4) is 5.75 Å². The number of nitrogens with one attached hydrogen (secondary N) is 3. The molecule has 3 rings (SSSR count). The molecule has 0 saturated carbocycles. The fourth-order valence-corrected chi connectivity index (χ4v) is 4.76. The number of para-hydroxylation sites is 1. The molecule has 8 nitrogen and oxygen atoms in total. The van der Waals surface area contributed by atoms with Gasteiger partial charge in [-0.25, -0.2) is 8.42 Å². The molecule has 0 atom stereocenters. The highest BCUT2D eigenvalue weighted by atomic mass is 35.5. The highest BCUT2D eigenvalue weighted by Gasteiger charge is 2.30. The number of rotatable bonds is 7. The van der Waals surface area contributed by atoms with Crippen LogP contribution in [0.5, 0.6) is 5.75 Å². The van der Waals surface area contributed by atoms with Gasteiger partial charge in [0.05, 0.1) is 11.3 Å². The zero-order valence-electron chi connectivity index (χ0n) is 17.1. The normalized spacial score (nSPS) is 11.5. The maximum atomic E-state index is 12.7. The molecule has 3 aromatic rings. The van der Waals surface area contributed by atoms with Gasteiger partial charge in [0, 0.05) is 5.02 Å². The Labute approximate surface area is 194 Å². The van der Waals surface area contributed by atoms with Crippen LogP contribution >= 0.6 is 22.9 Å². The van der Waals surface area contributed by atoms with Crippen LogP contribution in [0.3, 0.4) is 0 Å². The van der Waals surface area contributed by atoms with Crippen molar-refractivity contribution in [3.05, 3.63) is 76.6 Å². The third kappa shape index (κ3) is 5.78.